The lowest BCUT2D eigenvalue weighted by atomic mass is 9.80. The Morgan fingerprint density at radius 1 is 1.20 bits per heavy atom. The molecule has 2 rings (SSSR count). The minimum absolute atomic E-state index is 0.255. The highest BCUT2D eigenvalue weighted by Crippen LogP contribution is 2.42. The van der Waals surface area contributed by atoms with Gasteiger partial charge in [0.25, 0.3) is 0 Å². The number of ketones is 1. The van der Waals surface area contributed by atoms with Gasteiger partial charge >= 0.3 is 0 Å². The van der Waals surface area contributed by atoms with Crippen LogP contribution in [-0.2, 0) is 9.22 Å². The highest BCUT2D eigenvalue weighted by atomic mass is 28.4. The smallest absolute Gasteiger partial charge is 0.184 e. The average Bonchev–Trinajstić information content (AvgIpc) is 2.47. The Kier molecular flexibility index (Phi) is 3.04. The van der Waals surface area contributed by atoms with Crippen molar-refractivity contribution >= 4 is 14.1 Å². The van der Waals surface area contributed by atoms with Gasteiger partial charge in [0.15, 0.2) is 8.32 Å². The first-order chi connectivity index (χ1) is 6.97. The van der Waals surface area contributed by atoms with E-state index in [1.807, 2.05) is 0 Å². The summed E-state index contributed by atoms with van der Waals surface area (Å²) in [7, 11) is -1.48. The molecule has 2 aliphatic carbocycles. The lowest BCUT2D eigenvalue weighted by molar-refractivity contribution is -0.128. The zero-order chi connectivity index (χ0) is 11.1. The molecule has 0 bridgehead atoms. The highest BCUT2D eigenvalue weighted by molar-refractivity contribution is 6.69. The van der Waals surface area contributed by atoms with Crippen LogP contribution in [0.5, 0.6) is 0 Å². The quantitative estimate of drug-likeness (QED) is 0.677. The highest BCUT2D eigenvalue weighted by Gasteiger charge is 2.44. The third-order valence-electron chi connectivity index (χ3n) is 3.61. The topological polar surface area (TPSA) is 26.3 Å². The van der Waals surface area contributed by atoms with E-state index in [0.29, 0.717) is 11.7 Å². The molecule has 0 radical (unpaired) electrons. The standard InChI is InChI=1S/C12H22O2Si/c1-15(2,3)14-11-8-7-9-5-4-6-10(13)12(9)11/h9,11-12H,4-8H2,1-3H3/t9-,11-,12+/m1/s1. The third kappa shape index (κ3) is 2.51. The molecule has 2 aliphatic rings. The second-order valence-electron chi connectivity index (χ2n) is 5.99. The van der Waals surface area contributed by atoms with Gasteiger partial charge in [0.1, 0.15) is 5.78 Å². The summed E-state index contributed by atoms with van der Waals surface area (Å²) in [4.78, 5) is 11.9. The van der Waals surface area contributed by atoms with Gasteiger partial charge in [0, 0.05) is 12.3 Å². The molecule has 0 heterocycles. The molecule has 0 aromatic heterocycles. The van der Waals surface area contributed by atoms with E-state index in [4.69, 9.17) is 4.43 Å². The number of carbonyl (C=O) groups is 1. The monoisotopic (exact) mass is 226 g/mol. The molecule has 15 heavy (non-hydrogen) atoms. The molecule has 0 saturated heterocycles. The van der Waals surface area contributed by atoms with Crippen LogP contribution < -0.4 is 0 Å². The van der Waals surface area contributed by atoms with Gasteiger partial charge in [-0.25, -0.2) is 0 Å². The van der Waals surface area contributed by atoms with Crippen molar-refractivity contribution in [3.8, 4) is 0 Å². The zero-order valence-electron chi connectivity index (χ0n) is 10.1. The molecule has 2 saturated carbocycles. The van der Waals surface area contributed by atoms with Gasteiger partial charge in [-0.15, -0.1) is 0 Å². The molecule has 0 N–H and O–H groups in total. The SMILES string of the molecule is C[Si](C)(C)O[C@@H]1CC[C@H]2CCCC(=O)[C@H]21. The van der Waals surface area contributed by atoms with Gasteiger partial charge in [-0.3, -0.25) is 4.79 Å². The van der Waals surface area contributed by atoms with Gasteiger partial charge in [-0.2, -0.15) is 0 Å². The predicted molar refractivity (Wildman–Crippen MR) is 63.3 cm³/mol. The molecule has 0 aliphatic heterocycles. The number of carbonyl (C=O) groups excluding carboxylic acids is 1. The summed E-state index contributed by atoms with van der Waals surface area (Å²) in [5.41, 5.74) is 0. The van der Waals surface area contributed by atoms with E-state index in [9.17, 15) is 4.79 Å². The van der Waals surface area contributed by atoms with E-state index in [-0.39, 0.29) is 12.0 Å². The fraction of sp³-hybridized carbons (Fsp3) is 0.917. The van der Waals surface area contributed by atoms with Crippen molar-refractivity contribution < 1.29 is 9.22 Å². The molecule has 3 heteroatoms. The van der Waals surface area contributed by atoms with Gasteiger partial charge in [-0.1, -0.05) is 0 Å². The minimum atomic E-state index is -1.48. The molecule has 0 spiro atoms. The summed E-state index contributed by atoms with van der Waals surface area (Å²) >= 11 is 0. The summed E-state index contributed by atoms with van der Waals surface area (Å²) in [6.45, 7) is 6.65. The van der Waals surface area contributed by atoms with Gasteiger partial charge < -0.3 is 4.43 Å². The molecule has 0 aromatic rings. The second-order valence-corrected chi connectivity index (χ2v) is 10.5. The largest absolute Gasteiger partial charge is 0.414 e. The van der Waals surface area contributed by atoms with Crippen LogP contribution in [0.25, 0.3) is 0 Å². The molecule has 2 nitrogen and oxygen atoms in total. The number of Topliss-reactive ketones (excluding diaryl/α,β-unsaturated/α-hetero) is 1. The van der Waals surface area contributed by atoms with E-state index >= 15 is 0 Å². The van der Waals surface area contributed by atoms with Crippen molar-refractivity contribution in [3.63, 3.8) is 0 Å². The van der Waals surface area contributed by atoms with Crippen molar-refractivity contribution in [1.82, 2.24) is 0 Å². The Balaban J connectivity index is 2.05. The second kappa shape index (κ2) is 4.02. The summed E-state index contributed by atoms with van der Waals surface area (Å²) < 4.78 is 6.16. The van der Waals surface area contributed by atoms with E-state index in [1.54, 1.807) is 0 Å². The first-order valence-corrected chi connectivity index (χ1v) is 9.59. The van der Waals surface area contributed by atoms with E-state index in [1.165, 1.54) is 12.8 Å². The van der Waals surface area contributed by atoms with Crippen molar-refractivity contribution in [2.24, 2.45) is 11.8 Å². The normalized spacial score (nSPS) is 36.7. The number of hydrogen-bond donors (Lipinski definition) is 0. The Morgan fingerprint density at radius 3 is 2.60 bits per heavy atom. The molecule has 86 valence electrons. The van der Waals surface area contributed by atoms with E-state index in [2.05, 4.69) is 19.6 Å². The van der Waals surface area contributed by atoms with Gasteiger partial charge in [0.2, 0.25) is 0 Å². The molecule has 3 atom stereocenters. The lowest BCUT2D eigenvalue weighted by Gasteiger charge is -2.31. The van der Waals surface area contributed by atoms with Crippen LogP contribution in [0.3, 0.4) is 0 Å². The predicted octanol–water partition coefficient (Wildman–Crippen LogP) is 2.99. The van der Waals surface area contributed by atoms with Crippen molar-refractivity contribution in [2.75, 3.05) is 0 Å². The molecule has 0 amide bonds. The van der Waals surface area contributed by atoms with E-state index < -0.39 is 8.32 Å². The Hall–Kier alpha value is -0.153. The van der Waals surface area contributed by atoms with Gasteiger partial charge in [-0.05, 0) is 51.2 Å². The maximum atomic E-state index is 11.9. The molecule has 2 fully saturated rings. The molecular formula is C12H22O2Si. The number of rotatable bonds is 2. The van der Waals surface area contributed by atoms with Crippen LogP contribution in [0.2, 0.25) is 19.6 Å². The lowest BCUT2D eigenvalue weighted by Crippen LogP contribution is -2.39. The summed E-state index contributed by atoms with van der Waals surface area (Å²) in [5, 5.41) is 0. The average molecular weight is 226 g/mol. The summed E-state index contributed by atoms with van der Waals surface area (Å²) in [6.07, 6.45) is 5.75. The summed E-state index contributed by atoms with van der Waals surface area (Å²) in [5.74, 6) is 1.38. The van der Waals surface area contributed by atoms with Crippen LogP contribution >= 0.6 is 0 Å². The minimum Gasteiger partial charge on any atom is -0.414 e. The fourth-order valence-electron chi connectivity index (χ4n) is 3.13. The van der Waals surface area contributed by atoms with Crippen LogP contribution in [0.4, 0.5) is 0 Å². The van der Waals surface area contributed by atoms with Gasteiger partial charge in [0.05, 0.1) is 6.10 Å². The number of fused-ring (bicyclic) bond motifs is 1. The molecule has 0 unspecified atom stereocenters. The number of hydrogen-bond acceptors (Lipinski definition) is 2. The Morgan fingerprint density at radius 2 is 1.93 bits per heavy atom. The third-order valence-corrected chi connectivity index (χ3v) is 4.62. The first kappa shape index (κ1) is 11.3. The van der Waals surface area contributed by atoms with Crippen molar-refractivity contribution in [3.05, 3.63) is 0 Å². The maximum absolute atomic E-state index is 11.9. The molecule has 0 aromatic carbocycles. The maximum Gasteiger partial charge on any atom is 0.184 e. The van der Waals surface area contributed by atoms with Crippen LogP contribution in [0.15, 0.2) is 0 Å². The van der Waals surface area contributed by atoms with E-state index in [0.717, 1.165) is 19.3 Å². The van der Waals surface area contributed by atoms with Crippen LogP contribution in [-0.4, -0.2) is 20.2 Å². The Bertz CT molecular complexity index is 257. The van der Waals surface area contributed by atoms with Crippen LogP contribution in [0.1, 0.15) is 32.1 Å². The first-order valence-electron chi connectivity index (χ1n) is 6.18. The molecular weight excluding hydrogens is 204 g/mol. The Labute approximate surface area is 93.5 Å². The fourth-order valence-corrected chi connectivity index (χ4v) is 4.30. The van der Waals surface area contributed by atoms with Crippen molar-refractivity contribution in [1.29, 1.82) is 0 Å². The van der Waals surface area contributed by atoms with Crippen molar-refractivity contribution in [2.45, 2.75) is 57.8 Å². The summed E-state index contributed by atoms with van der Waals surface area (Å²) in [6, 6.07) is 0. The zero-order valence-corrected chi connectivity index (χ0v) is 11.1. The van der Waals surface area contributed by atoms with Crippen LogP contribution in [0, 0.1) is 11.8 Å².